The highest BCUT2D eigenvalue weighted by molar-refractivity contribution is 7.80. The Morgan fingerprint density at radius 3 is 1.76 bits per heavy atom. The van der Waals surface area contributed by atoms with E-state index in [0.29, 0.717) is 32.1 Å². The molecule has 5 saturated heterocycles. The molecule has 484 valence electrons. The van der Waals surface area contributed by atoms with Crippen molar-refractivity contribution in [3.63, 3.8) is 0 Å². The van der Waals surface area contributed by atoms with Gasteiger partial charge in [0.15, 0.2) is 31.5 Å². The fraction of sp³-hybridized carbons (Fsp3) is 0.945. The lowest BCUT2D eigenvalue weighted by atomic mass is 9.47. The number of hydrogen-bond acceptors (Lipinski definition) is 27. The van der Waals surface area contributed by atoms with Gasteiger partial charge in [0.2, 0.25) is 0 Å². The average molecular weight is 1230 g/mol. The van der Waals surface area contributed by atoms with Crippen molar-refractivity contribution in [2.24, 2.45) is 40.4 Å². The van der Waals surface area contributed by atoms with E-state index < -0.39 is 206 Å². The van der Waals surface area contributed by atoms with Gasteiger partial charge in [-0.25, -0.2) is 4.18 Å². The Balaban J connectivity index is 0.985. The highest BCUT2D eigenvalue weighted by atomic mass is 32.3. The first-order valence-corrected chi connectivity index (χ1v) is 30.8. The van der Waals surface area contributed by atoms with Crippen LogP contribution in [0.1, 0.15) is 107 Å². The number of aliphatic hydroxyl groups excluding tert-OH is 12. The van der Waals surface area contributed by atoms with Crippen molar-refractivity contribution in [1.82, 2.24) is 0 Å². The van der Waals surface area contributed by atoms with Crippen molar-refractivity contribution < 1.29 is 136 Å². The monoisotopic (exact) mass is 1230 g/mol. The zero-order valence-corrected chi connectivity index (χ0v) is 49.2. The lowest BCUT2D eigenvalue weighted by Gasteiger charge is -2.60. The number of aliphatic hydroxyl groups is 13. The topological polar surface area (TPSA) is 436 Å². The van der Waals surface area contributed by atoms with Crippen molar-refractivity contribution in [3.05, 3.63) is 11.6 Å². The first-order chi connectivity index (χ1) is 39.2. The van der Waals surface area contributed by atoms with Crippen LogP contribution in [0.3, 0.4) is 0 Å². The van der Waals surface area contributed by atoms with Gasteiger partial charge < -0.3 is 114 Å². The van der Waals surface area contributed by atoms with Crippen LogP contribution >= 0.6 is 0 Å². The largest absolute Gasteiger partial charge is 0.397 e. The van der Waals surface area contributed by atoms with Gasteiger partial charge in [0, 0.05) is 12.3 Å². The SMILES string of the molecule is CC(C)C(=O)C[C@](C)(O)[C@H]1CC[C@H]2[C@@H]3C[C@H](O[C@@H]4O[C@H](C)[C@@H](O)[C@H](O[C@@H]5OC[C@@H](O[C@@H]6O[C@H](CO)[C@H](O)[C@H](O)[C@H]6O[C@@H]6O[C@H](C)[C@H](O)[C@H](O)[C@H]6O)[C@H](O)[C@H]5O[C@@H]5O[C@H](C)[C@@H](O)[C@H](O)[C@H]5O)[C@H]4O)[C@H]4C[C@@H](OS(=O)(=O)O)CC[C@]4(C)C3=CC[C@@]21C. The Hall–Kier alpha value is -1.64. The summed E-state index contributed by atoms with van der Waals surface area (Å²) >= 11 is 0. The highest BCUT2D eigenvalue weighted by Gasteiger charge is 2.64. The van der Waals surface area contributed by atoms with E-state index in [0.717, 1.165) is 5.57 Å². The highest BCUT2D eigenvalue weighted by Crippen LogP contribution is 2.67. The number of fused-ring (bicyclic) bond motifs is 5. The van der Waals surface area contributed by atoms with Crippen LogP contribution in [0.25, 0.3) is 0 Å². The van der Waals surface area contributed by atoms with Crippen LogP contribution in [0.4, 0.5) is 0 Å². The smallest absolute Gasteiger partial charge is 0.394 e. The van der Waals surface area contributed by atoms with Crippen LogP contribution in [-0.4, -0.2) is 264 Å². The molecule has 0 aromatic carbocycles. The second-order valence-corrected chi connectivity index (χ2v) is 27.2. The minimum absolute atomic E-state index is 0.00444. The van der Waals surface area contributed by atoms with Crippen molar-refractivity contribution in [2.75, 3.05) is 13.2 Å². The van der Waals surface area contributed by atoms with E-state index in [9.17, 15) is 84.1 Å². The summed E-state index contributed by atoms with van der Waals surface area (Å²) in [5.41, 5.74) is -1.27. The summed E-state index contributed by atoms with van der Waals surface area (Å²) in [7, 11) is -4.88. The molecule has 3 saturated carbocycles. The van der Waals surface area contributed by atoms with Gasteiger partial charge in [-0.3, -0.25) is 9.35 Å². The number of hydrogen-bond donors (Lipinski definition) is 14. The molecule has 4 aliphatic carbocycles. The van der Waals surface area contributed by atoms with Gasteiger partial charge in [0.25, 0.3) is 0 Å². The maximum Gasteiger partial charge on any atom is 0.397 e. The summed E-state index contributed by atoms with van der Waals surface area (Å²) < 4.78 is 100. The maximum atomic E-state index is 13.1. The van der Waals surface area contributed by atoms with Crippen molar-refractivity contribution in [3.8, 4) is 0 Å². The predicted molar refractivity (Wildman–Crippen MR) is 281 cm³/mol. The van der Waals surface area contributed by atoms with Crippen LogP contribution in [0.15, 0.2) is 11.6 Å². The molecule has 9 aliphatic rings. The third-order valence-electron chi connectivity index (χ3n) is 20.3. The zero-order valence-electron chi connectivity index (χ0n) is 48.4. The Labute approximate surface area is 487 Å². The van der Waals surface area contributed by atoms with Crippen LogP contribution < -0.4 is 0 Å². The van der Waals surface area contributed by atoms with Gasteiger partial charge in [0.1, 0.15) is 103 Å². The molecule has 9 rings (SSSR count). The van der Waals surface area contributed by atoms with Gasteiger partial charge >= 0.3 is 10.4 Å². The number of allylic oxidation sites excluding steroid dienone is 2. The van der Waals surface area contributed by atoms with E-state index in [4.69, 9.17) is 51.6 Å². The van der Waals surface area contributed by atoms with Crippen molar-refractivity contribution in [2.45, 2.75) is 272 Å². The second-order valence-electron chi connectivity index (χ2n) is 26.2. The number of rotatable bonds is 17. The molecule has 28 nitrogen and oxygen atoms in total. The summed E-state index contributed by atoms with van der Waals surface area (Å²) in [4.78, 5) is 13.1. The van der Waals surface area contributed by atoms with E-state index in [1.54, 1.807) is 20.8 Å². The molecule has 0 amide bonds. The van der Waals surface area contributed by atoms with Gasteiger partial charge in [-0.05, 0) is 107 Å². The van der Waals surface area contributed by atoms with Gasteiger partial charge in [-0.15, -0.1) is 0 Å². The number of ketones is 1. The second kappa shape index (κ2) is 25.6. The van der Waals surface area contributed by atoms with E-state index >= 15 is 0 Å². The molecule has 0 aromatic heterocycles. The predicted octanol–water partition coefficient (Wildman–Crippen LogP) is -3.07. The van der Waals surface area contributed by atoms with Crippen molar-refractivity contribution >= 4 is 16.2 Å². The summed E-state index contributed by atoms with van der Waals surface area (Å²) in [6.07, 6.45) is -37.5. The van der Waals surface area contributed by atoms with E-state index in [2.05, 4.69) is 19.9 Å². The third kappa shape index (κ3) is 12.9. The Morgan fingerprint density at radius 2 is 1.19 bits per heavy atom. The molecule has 8 fully saturated rings. The molecule has 33 atom stereocenters. The lowest BCUT2D eigenvalue weighted by molar-refractivity contribution is -0.398. The molecular weight excluding hydrogens is 1140 g/mol. The summed E-state index contributed by atoms with van der Waals surface area (Å²) in [6, 6.07) is 0. The number of ether oxygens (including phenoxy) is 10. The number of carbonyl (C=O) groups excluding carboxylic acids is 1. The van der Waals surface area contributed by atoms with Gasteiger partial charge in [-0.1, -0.05) is 39.3 Å². The van der Waals surface area contributed by atoms with E-state index in [1.165, 1.54) is 20.8 Å². The molecule has 29 heteroatoms. The lowest BCUT2D eigenvalue weighted by Crippen LogP contribution is -2.67. The van der Waals surface area contributed by atoms with E-state index in [-0.39, 0.29) is 48.7 Å². The quantitative estimate of drug-likeness (QED) is 0.0508. The molecule has 0 bridgehead atoms. The molecule has 0 radical (unpaired) electrons. The minimum Gasteiger partial charge on any atom is -0.394 e. The van der Waals surface area contributed by atoms with Crippen LogP contribution in [0.5, 0.6) is 0 Å². The van der Waals surface area contributed by atoms with E-state index in [1.807, 2.05) is 0 Å². The van der Waals surface area contributed by atoms with Gasteiger partial charge in [0.05, 0.1) is 49.3 Å². The normalized spacial score (nSPS) is 51.7. The molecule has 5 aliphatic heterocycles. The molecule has 0 aromatic rings. The zero-order chi connectivity index (χ0) is 61.6. The summed E-state index contributed by atoms with van der Waals surface area (Å²) in [5, 5.41) is 145. The Bertz CT molecular complexity index is 2400. The number of Topliss-reactive ketones (excluding diaryl/α,β-unsaturated/α-hetero) is 1. The fourth-order valence-electron chi connectivity index (χ4n) is 15.4. The molecule has 5 heterocycles. The summed E-state index contributed by atoms with van der Waals surface area (Å²) in [5.74, 6) is -1.22. The first kappa shape index (κ1) is 66.8. The Kier molecular flexibility index (Phi) is 20.3. The third-order valence-corrected chi connectivity index (χ3v) is 20.8. The first-order valence-electron chi connectivity index (χ1n) is 29.4. The molecule has 14 N–H and O–H groups in total. The van der Waals surface area contributed by atoms with Crippen LogP contribution in [-0.2, 0) is 66.7 Å². The van der Waals surface area contributed by atoms with Crippen LogP contribution in [0.2, 0.25) is 0 Å². The van der Waals surface area contributed by atoms with Crippen molar-refractivity contribution in [1.29, 1.82) is 0 Å². The minimum atomic E-state index is -4.88. The Morgan fingerprint density at radius 1 is 0.643 bits per heavy atom. The molecule has 84 heavy (non-hydrogen) atoms. The standard InChI is InChI=1S/C55H90O28S/c1-20(2)29(57)17-55(8,69)33-10-9-26-25-16-30(28-15-24(83-84(70,71)72)11-13-53(28,6)27(25)12-14-54(26,33)7)77-50-44(68)45(36(60)23(5)76-50)80-51-46(81-48-42(66)39(63)34(58)21(3)74-48)38(62)32(19-73-51)79-52-47(41(65)37(61)31(18-56)78-52)82-49-43(67)40(64)35(59)22(4)75-49/h12,20-26,28,30-52,56,58-69H,9-11,13-19H2,1-8H3,(H,70,71,72)/t21-,22-,23-,24+,25+,26+,28-,30+,31-,32-,33+,34-,35+,36-,37+,38+,39+,40+,41+,42-,43-,44-,45+,46-,47-,48+,49+,50+,51+,52+,53-,54+,55+/m1/s1. The molecule has 0 spiro atoms. The molecule has 0 unspecified atom stereocenters. The number of carbonyl (C=O) groups is 1. The maximum absolute atomic E-state index is 13.1. The fourth-order valence-corrected chi connectivity index (χ4v) is 15.9. The summed E-state index contributed by atoms with van der Waals surface area (Å²) in [6.45, 7) is 12.2. The van der Waals surface area contributed by atoms with Crippen LogP contribution in [0, 0.1) is 40.4 Å². The average Bonchev–Trinajstić information content (AvgIpc) is 1.69. The molecular formula is C55H90O28S. The van der Waals surface area contributed by atoms with Gasteiger partial charge in [-0.2, -0.15) is 8.42 Å².